The molecule has 0 bridgehead atoms. The van der Waals surface area contributed by atoms with E-state index in [-0.39, 0.29) is 10.8 Å². The Labute approximate surface area is 226 Å². The lowest BCUT2D eigenvalue weighted by Gasteiger charge is -2.34. The quantitative estimate of drug-likeness (QED) is 0.339. The molecule has 1 amide bonds. The van der Waals surface area contributed by atoms with Gasteiger partial charge in [0, 0.05) is 33.9 Å². The van der Waals surface area contributed by atoms with Gasteiger partial charge in [-0.25, -0.2) is 8.42 Å². The van der Waals surface area contributed by atoms with E-state index in [1.54, 1.807) is 16.4 Å². The van der Waals surface area contributed by atoms with Crippen LogP contribution in [0.5, 0.6) is 0 Å². The molecule has 0 unspecified atom stereocenters. The number of rotatable bonds is 8. The Kier molecular flexibility index (Phi) is 8.93. The molecule has 3 aromatic carbocycles. The highest BCUT2D eigenvalue weighted by atomic mass is 79.9. The average Bonchev–Trinajstić information content (AvgIpc) is 2.85. The Morgan fingerprint density at radius 2 is 1.67 bits per heavy atom. The van der Waals surface area contributed by atoms with Crippen LogP contribution in [0, 0.1) is 11.8 Å². The Morgan fingerprint density at radius 3 is 2.33 bits per heavy atom. The van der Waals surface area contributed by atoms with E-state index in [9.17, 15) is 13.2 Å². The lowest BCUT2D eigenvalue weighted by atomic mass is 9.94. The van der Waals surface area contributed by atoms with Crippen LogP contribution in [0.2, 0.25) is 0 Å². The number of hydrogen-bond acceptors (Lipinski definition) is 4. The summed E-state index contributed by atoms with van der Waals surface area (Å²) in [4.78, 5) is 15.2. The molecule has 3 aromatic rings. The van der Waals surface area contributed by atoms with Gasteiger partial charge in [-0.05, 0) is 72.7 Å². The van der Waals surface area contributed by atoms with E-state index in [0.717, 1.165) is 21.4 Å². The highest BCUT2D eigenvalue weighted by Crippen LogP contribution is 2.34. The zero-order valence-corrected chi connectivity index (χ0v) is 23.7. The van der Waals surface area contributed by atoms with E-state index in [0.29, 0.717) is 48.3 Å². The minimum atomic E-state index is -3.70. The number of carbonyl (C=O) groups excluding carboxylic acids is 1. The smallest absolute Gasteiger partial charge is 0.252 e. The molecular formula is C28H31BrN2O3S2. The molecule has 36 heavy (non-hydrogen) atoms. The predicted octanol–water partition coefficient (Wildman–Crippen LogP) is 6.24. The Bertz CT molecular complexity index is 1290. The van der Waals surface area contributed by atoms with Crippen LogP contribution in [0.3, 0.4) is 0 Å². The van der Waals surface area contributed by atoms with Crippen molar-refractivity contribution < 1.29 is 13.2 Å². The predicted molar refractivity (Wildman–Crippen MR) is 149 cm³/mol. The highest BCUT2D eigenvalue weighted by molar-refractivity contribution is 9.10. The average molecular weight is 588 g/mol. The molecule has 0 aromatic heterocycles. The molecule has 1 aliphatic heterocycles. The van der Waals surface area contributed by atoms with Crippen molar-refractivity contribution in [3.63, 3.8) is 0 Å². The minimum Gasteiger partial charge on any atom is -0.352 e. The summed E-state index contributed by atoms with van der Waals surface area (Å²) in [6.07, 6.45) is 1.72. The van der Waals surface area contributed by atoms with Gasteiger partial charge in [0.15, 0.2) is 0 Å². The molecule has 190 valence electrons. The molecule has 2 atom stereocenters. The fourth-order valence-electron chi connectivity index (χ4n) is 4.58. The van der Waals surface area contributed by atoms with Crippen molar-refractivity contribution in [2.45, 2.75) is 41.4 Å². The molecule has 0 aliphatic carbocycles. The number of nitrogens with zero attached hydrogens (tertiary/aromatic N) is 1. The molecule has 4 rings (SSSR count). The summed E-state index contributed by atoms with van der Waals surface area (Å²) in [5.74, 6) is 0.330. The minimum absolute atomic E-state index is 0.164. The SMILES string of the molecule is C[C@@H]1C[C@@H](C)CN(S(=O)(=O)c2ccc(Sc3ccc(Br)cc3)c(C(=O)NCCc3ccccc3)c2)C1. The first-order valence-corrected chi connectivity index (χ1v) is 15.2. The van der Waals surface area contributed by atoms with Crippen molar-refractivity contribution in [2.75, 3.05) is 19.6 Å². The molecule has 0 radical (unpaired) electrons. The number of carbonyl (C=O) groups is 1. The molecule has 1 heterocycles. The third kappa shape index (κ3) is 6.79. The summed E-state index contributed by atoms with van der Waals surface area (Å²) in [5.41, 5.74) is 1.50. The molecule has 0 saturated carbocycles. The van der Waals surface area contributed by atoms with Crippen molar-refractivity contribution in [3.8, 4) is 0 Å². The summed E-state index contributed by atoms with van der Waals surface area (Å²) in [6.45, 7) is 5.63. The largest absolute Gasteiger partial charge is 0.352 e. The van der Waals surface area contributed by atoms with Gasteiger partial charge in [0.25, 0.3) is 5.91 Å². The Balaban J connectivity index is 1.61. The number of piperidine rings is 1. The zero-order chi connectivity index (χ0) is 25.7. The Morgan fingerprint density at radius 1 is 1.00 bits per heavy atom. The molecule has 8 heteroatoms. The first-order valence-electron chi connectivity index (χ1n) is 12.1. The molecule has 1 fully saturated rings. The van der Waals surface area contributed by atoms with Crippen LogP contribution >= 0.6 is 27.7 Å². The number of benzene rings is 3. The summed E-state index contributed by atoms with van der Waals surface area (Å²) in [5, 5.41) is 2.99. The van der Waals surface area contributed by atoms with E-state index >= 15 is 0 Å². The van der Waals surface area contributed by atoms with Gasteiger partial charge in [0.1, 0.15) is 0 Å². The standard InChI is InChI=1S/C28H31BrN2O3S2/c1-20-16-21(2)19-31(18-20)36(33,34)25-12-13-27(35-24-10-8-23(29)9-11-24)26(17-25)28(32)30-15-14-22-6-4-3-5-7-22/h3-13,17,20-21H,14-16,18-19H2,1-2H3,(H,30,32)/t20-,21-/m1/s1. The van der Waals surface area contributed by atoms with E-state index in [4.69, 9.17) is 0 Å². The molecule has 0 spiro atoms. The summed E-state index contributed by atoms with van der Waals surface area (Å²) in [7, 11) is -3.70. The van der Waals surface area contributed by atoms with Gasteiger partial charge in [-0.1, -0.05) is 71.9 Å². The van der Waals surface area contributed by atoms with Gasteiger partial charge < -0.3 is 5.32 Å². The highest BCUT2D eigenvalue weighted by Gasteiger charge is 2.32. The van der Waals surface area contributed by atoms with Crippen LogP contribution in [0.4, 0.5) is 0 Å². The summed E-state index contributed by atoms with van der Waals surface area (Å²) < 4.78 is 29.6. The van der Waals surface area contributed by atoms with Crippen LogP contribution in [-0.2, 0) is 16.4 Å². The molecular weight excluding hydrogens is 556 g/mol. The maximum absolute atomic E-state index is 13.5. The fourth-order valence-corrected chi connectivity index (χ4v) is 7.47. The van der Waals surface area contributed by atoms with E-state index in [1.807, 2.05) is 54.6 Å². The lowest BCUT2D eigenvalue weighted by Crippen LogP contribution is -2.42. The number of halogens is 1. The van der Waals surface area contributed by atoms with Gasteiger partial charge >= 0.3 is 0 Å². The van der Waals surface area contributed by atoms with Crippen molar-refractivity contribution >= 4 is 43.6 Å². The Hall–Kier alpha value is -2.13. The van der Waals surface area contributed by atoms with Gasteiger partial charge in [0.05, 0.1) is 10.5 Å². The third-order valence-corrected chi connectivity index (χ3v) is 9.69. The molecule has 1 saturated heterocycles. The maximum atomic E-state index is 13.5. The van der Waals surface area contributed by atoms with Crippen LogP contribution < -0.4 is 5.32 Å². The zero-order valence-electron chi connectivity index (χ0n) is 20.5. The van der Waals surface area contributed by atoms with Crippen molar-refractivity contribution in [3.05, 3.63) is 88.4 Å². The topological polar surface area (TPSA) is 66.5 Å². The van der Waals surface area contributed by atoms with E-state index in [2.05, 4.69) is 35.1 Å². The van der Waals surface area contributed by atoms with Gasteiger partial charge in [0.2, 0.25) is 10.0 Å². The fraction of sp³-hybridized carbons (Fsp3) is 0.321. The van der Waals surface area contributed by atoms with Gasteiger partial charge in [-0.3, -0.25) is 4.79 Å². The second-order valence-corrected chi connectivity index (χ2v) is 13.4. The lowest BCUT2D eigenvalue weighted by molar-refractivity contribution is 0.0951. The number of sulfonamides is 1. The molecule has 1 aliphatic rings. The number of nitrogens with one attached hydrogen (secondary N) is 1. The second kappa shape index (κ2) is 11.9. The number of hydrogen-bond donors (Lipinski definition) is 1. The van der Waals surface area contributed by atoms with Gasteiger partial charge in [-0.15, -0.1) is 0 Å². The second-order valence-electron chi connectivity index (χ2n) is 9.47. The summed E-state index contributed by atoms with van der Waals surface area (Å²) in [6, 6.07) is 22.7. The first-order chi connectivity index (χ1) is 17.2. The first kappa shape index (κ1) is 26.9. The normalized spacial score (nSPS) is 18.6. The van der Waals surface area contributed by atoms with Crippen molar-refractivity contribution in [1.82, 2.24) is 9.62 Å². The number of amides is 1. The van der Waals surface area contributed by atoms with Gasteiger partial charge in [-0.2, -0.15) is 4.31 Å². The van der Waals surface area contributed by atoms with Crippen molar-refractivity contribution in [1.29, 1.82) is 0 Å². The summed E-state index contributed by atoms with van der Waals surface area (Å²) >= 11 is 4.90. The van der Waals surface area contributed by atoms with Crippen LogP contribution in [0.15, 0.2) is 92.0 Å². The molecule has 5 nitrogen and oxygen atoms in total. The monoisotopic (exact) mass is 586 g/mol. The van der Waals surface area contributed by atoms with Crippen LogP contribution in [0.1, 0.15) is 36.2 Å². The van der Waals surface area contributed by atoms with E-state index < -0.39 is 10.0 Å². The molecule has 1 N–H and O–H groups in total. The third-order valence-electron chi connectivity index (χ3n) is 6.25. The van der Waals surface area contributed by atoms with Crippen molar-refractivity contribution in [2.24, 2.45) is 11.8 Å². The van der Waals surface area contributed by atoms with E-state index in [1.165, 1.54) is 17.8 Å². The van der Waals surface area contributed by atoms with Crippen LogP contribution in [0.25, 0.3) is 0 Å². The maximum Gasteiger partial charge on any atom is 0.252 e. The van der Waals surface area contributed by atoms with Crippen LogP contribution in [-0.4, -0.2) is 38.3 Å².